The lowest BCUT2D eigenvalue weighted by Gasteiger charge is -2.39. The molecule has 0 spiro atoms. The third-order valence-electron chi connectivity index (χ3n) is 4.35. The van der Waals surface area contributed by atoms with Crippen LogP contribution in [0.4, 0.5) is 5.69 Å². The molecule has 1 aliphatic rings. The Balaban J connectivity index is 1.55. The lowest BCUT2D eigenvalue weighted by molar-refractivity contribution is -0.129. The maximum absolute atomic E-state index is 11.5. The second-order valence-electron chi connectivity index (χ2n) is 5.98. The van der Waals surface area contributed by atoms with Crippen LogP contribution in [0.2, 0.25) is 0 Å². The molecule has 1 fully saturated rings. The maximum Gasteiger partial charge on any atom is 0.246 e. The molecule has 5 heteroatoms. The van der Waals surface area contributed by atoms with E-state index in [1.54, 1.807) is 4.90 Å². The van der Waals surface area contributed by atoms with Crippen molar-refractivity contribution in [3.63, 3.8) is 0 Å². The minimum atomic E-state index is -0.0152. The van der Waals surface area contributed by atoms with Crippen LogP contribution in [-0.4, -0.2) is 39.9 Å². The number of benzene rings is 1. The number of anilines is 1. The van der Waals surface area contributed by atoms with Crippen molar-refractivity contribution in [3.8, 4) is 11.1 Å². The molecular weight excluding hydrogens is 300 g/mol. The van der Waals surface area contributed by atoms with Gasteiger partial charge >= 0.3 is 0 Å². The van der Waals surface area contributed by atoms with Gasteiger partial charge in [-0.2, -0.15) is 0 Å². The lowest BCUT2D eigenvalue weighted by Crippen LogP contribution is -2.56. The van der Waals surface area contributed by atoms with Gasteiger partial charge in [0.2, 0.25) is 5.91 Å². The highest BCUT2D eigenvalue weighted by Gasteiger charge is 2.29. The van der Waals surface area contributed by atoms with Gasteiger partial charge in [0, 0.05) is 30.2 Å². The van der Waals surface area contributed by atoms with Crippen LogP contribution in [0.25, 0.3) is 22.2 Å². The Morgan fingerprint density at radius 2 is 2.12 bits per heavy atom. The van der Waals surface area contributed by atoms with E-state index in [0.717, 1.165) is 27.8 Å². The second-order valence-corrected chi connectivity index (χ2v) is 5.98. The van der Waals surface area contributed by atoms with Gasteiger partial charge in [0.25, 0.3) is 0 Å². The summed E-state index contributed by atoms with van der Waals surface area (Å²) in [6.07, 6.45) is 5.17. The van der Waals surface area contributed by atoms with E-state index in [2.05, 4.69) is 40.1 Å². The molecule has 5 nitrogen and oxygen atoms in total. The summed E-state index contributed by atoms with van der Waals surface area (Å²) in [7, 11) is 0. The van der Waals surface area contributed by atoms with Crippen molar-refractivity contribution in [2.24, 2.45) is 0 Å². The monoisotopic (exact) mass is 318 g/mol. The number of carbonyl (C=O) groups excluding carboxylic acids is 1. The fourth-order valence-corrected chi connectivity index (χ4v) is 3.05. The molecule has 2 N–H and O–H groups in total. The largest absolute Gasteiger partial charge is 0.377 e. The van der Waals surface area contributed by atoms with Crippen molar-refractivity contribution >= 4 is 22.6 Å². The molecule has 1 aromatic carbocycles. The Kier molecular flexibility index (Phi) is 3.54. The summed E-state index contributed by atoms with van der Waals surface area (Å²) in [6, 6.07) is 12.6. The Bertz CT molecular complexity index is 894. The number of nitrogens with zero attached hydrogens (tertiary/aromatic N) is 2. The Morgan fingerprint density at radius 3 is 2.88 bits per heavy atom. The molecule has 24 heavy (non-hydrogen) atoms. The van der Waals surface area contributed by atoms with Crippen LogP contribution in [0.3, 0.4) is 0 Å². The van der Waals surface area contributed by atoms with E-state index < -0.39 is 0 Å². The smallest absolute Gasteiger partial charge is 0.246 e. The van der Waals surface area contributed by atoms with E-state index in [-0.39, 0.29) is 11.9 Å². The number of hydrogen-bond acceptors (Lipinski definition) is 3. The van der Waals surface area contributed by atoms with Gasteiger partial charge in [-0.1, -0.05) is 36.9 Å². The van der Waals surface area contributed by atoms with E-state index in [0.29, 0.717) is 13.1 Å². The first-order valence-corrected chi connectivity index (χ1v) is 7.95. The summed E-state index contributed by atoms with van der Waals surface area (Å²) in [5.41, 5.74) is 4.14. The zero-order valence-electron chi connectivity index (χ0n) is 13.2. The highest BCUT2D eigenvalue weighted by molar-refractivity contribution is 5.95. The Morgan fingerprint density at radius 1 is 1.33 bits per heavy atom. The van der Waals surface area contributed by atoms with E-state index >= 15 is 0 Å². The summed E-state index contributed by atoms with van der Waals surface area (Å²) in [5.74, 6) is -0.0152. The van der Waals surface area contributed by atoms with Crippen LogP contribution in [-0.2, 0) is 4.79 Å². The second kappa shape index (κ2) is 5.85. The number of fused-ring (bicyclic) bond motifs is 1. The number of pyridine rings is 1. The topological polar surface area (TPSA) is 61.0 Å². The fraction of sp³-hybridized carbons (Fsp3) is 0.158. The van der Waals surface area contributed by atoms with Crippen molar-refractivity contribution in [2.45, 2.75) is 6.04 Å². The van der Waals surface area contributed by atoms with Gasteiger partial charge in [-0.25, -0.2) is 4.98 Å². The van der Waals surface area contributed by atoms with Gasteiger partial charge in [0.05, 0.1) is 17.9 Å². The van der Waals surface area contributed by atoms with Crippen molar-refractivity contribution in [1.82, 2.24) is 14.9 Å². The predicted molar refractivity (Wildman–Crippen MR) is 95.7 cm³/mol. The molecule has 0 radical (unpaired) electrons. The normalized spacial score (nSPS) is 14.4. The summed E-state index contributed by atoms with van der Waals surface area (Å²) < 4.78 is 0. The zero-order chi connectivity index (χ0) is 16.5. The SMILES string of the molecule is C=CC(=O)N1CC(Nc2cnc3[nH]cc(-c4ccccc4)c3c2)C1. The maximum atomic E-state index is 11.5. The zero-order valence-corrected chi connectivity index (χ0v) is 13.2. The number of aromatic amines is 1. The molecular formula is C19H18N4O. The summed E-state index contributed by atoms with van der Waals surface area (Å²) in [6.45, 7) is 4.91. The van der Waals surface area contributed by atoms with Crippen molar-refractivity contribution in [2.75, 3.05) is 18.4 Å². The fourth-order valence-electron chi connectivity index (χ4n) is 3.05. The van der Waals surface area contributed by atoms with Crippen molar-refractivity contribution in [3.05, 3.63) is 61.4 Å². The number of nitrogens with one attached hydrogen (secondary N) is 2. The standard InChI is InChI=1S/C19H18N4O/c1-2-18(24)23-11-15(12-23)22-14-8-16-17(10-21-19(16)20-9-14)13-6-4-3-5-7-13/h2-10,15,22H,1,11-12H2,(H,20,21). The van der Waals surface area contributed by atoms with Gasteiger partial charge in [-0.3, -0.25) is 4.79 Å². The number of carbonyl (C=O) groups is 1. The van der Waals surface area contributed by atoms with E-state index in [1.165, 1.54) is 6.08 Å². The molecule has 1 amide bonds. The van der Waals surface area contributed by atoms with Crippen LogP contribution in [0.5, 0.6) is 0 Å². The van der Waals surface area contributed by atoms with Gasteiger partial charge in [-0.15, -0.1) is 0 Å². The number of hydrogen-bond donors (Lipinski definition) is 2. The minimum Gasteiger partial charge on any atom is -0.377 e. The quantitative estimate of drug-likeness (QED) is 0.727. The van der Waals surface area contributed by atoms with E-state index in [9.17, 15) is 4.79 Å². The first-order valence-electron chi connectivity index (χ1n) is 7.95. The minimum absolute atomic E-state index is 0.0152. The highest BCUT2D eigenvalue weighted by Crippen LogP contribution is 2.29. The Labute approximate surface area is 140 Å². The van der Waals surface area contributed by atoms with Crippen LogP contribution in [0.15, 0.2) is 61.4 Å². The molecule has 4 rings (SSSR count). The van der Waals surface area contributed by atoms with Gasteiger partial charge in [0.15, 0.2) is 0 Å². The molecule has 0 aliphatic carbocycles. The van der Waals surface area contributed by atoms with Crippen LogP contribution < -0.4 is 5.32 Å². The third kappa shape index (κ3) is 2.54. The number of rotatable bonds is 4. The highest BCUT2D eigenvalue weighted by atomic mass is 16.2. The molecule has 3 aromatic rings. The molecule has 3 heterocycles. The van der Waals surface area contributed by atoms with Gasteiger partial charge < -0.3 is 15.2 Å². The third-order valence-corrected chi connectivity index (χ3v) is 4.35. The average molecular weight is 318 g/mol. The molecule has 0 bridgehead atoms. The average Bonchev–Trinajstić information content (AvgIpc) is 3.01. The molecule has 0 unspecified atom stereocenters. The van der Waals surface area contributed by atoms with Gasteiger partial charge in [-0.05, 0) is 17.7 Å². The number of aromatic nitrogens is 2. The number of likely N-dealkylation sites (tertiary alicyclic amines) is 1. The number of amides is 1. The van der Waals surface area contributed by atoms with Crippen molar-refractivity contribution < 1.29 is 4.79 Å². The lowest BCUT2D eigenvalue weighted by atomic mass is 10.1. The van der Waals surface area contributed by atoms with E-state index in [4.69, 9.17) is 0 Å². The van der Waals surface area contributed by atoms with Gasteiger partial charge in [0.1, 0.15) is 5.65 Å². The molecule has 1 aliphatic heterocycles. The number of H-pyrrole nitrogens is 1. The van der Waals surface area contributed by atoms with E-state index in [1.807, 2.05) is 30.6 Å². The van der Waals surface area contributed by atoms with Crippen molar-refractivity contribution in [1.29, 1.82) is 0 Å². The molecule has 120 valence electrons. The van der Waals surface area contributed by atoms with Crippen LogP contribution in [0.1, 0.15) is 0 Å². The van der Waals surface area contributed by atoms with Crippen LogP contribution in [0, 0.1) is 0 Å². The predicted octanol–water partition coefficient (Wildman–Crippen LogP) is 3.04. The van der Waals surface area contributed by atoms with Crippen LogP contribution >= 0.6 is 0 Å². The first-order chi connectivity index (χ1) is 11.7. The summed E-state index contributed by atoms with van der Waals surface area (Å²) >= 11 is 0. The summed E-state index contributed by atoms with van der Waals surface area (Å²) in [4.78, 5) is 21.0. The molecule has 0 atom stereocenters. The summed E-state index contributed by atoms with van der Waals surface area (Å²) in [5, 5.41) is 4.53. The molecule has 0 saturated carbocycles. The Hall–Kier alpha value is -3.08. The molecule has 1 saturated heterocycles. The molecule has 2 aromatic heterocycles. The first kappa shape index (κ1) is 14.5.